The van der Waals surface area contributed by atoms with Gasteiger partial charge in [-0.15, -0.1) is 0 Å². The number of amides is 2. The van der Waals surface area contributed by atoms with Gasteiger partial charge in [0, 0.05) is 24.5 Å². The third-order valence-corrected chi connectivity index (χ3v) is 5.68. The van der Waals surface area contributed by atoms with Crippen LogP contribution in [0, 0.1) is 0 Å². The minimum atomic E-state index is -0.313. The Morgan fingerprint density at radius 2 is 2.04 bits per heavy atom. The van der Waals surface area contributed by atoms with E-state index in [0.717, 1.165) is 28.4 Å². The standard InChI is InChI=1S/C19H24ClN5OS/c1-24(2)11-10-22-18(26)23-19-25(15-8-3-4-9-16(15)27-19)17-13(12-21)6-5-7-14(17)20/h3-9,19H,10-12,21H2,1-2H3,(H2,22,23,26). The number of hydrogen-bond acceptors (Lipinski definition) is 5. The maximum atomic E-state index is 12.4. The summed E-state index contributed by atoms with van der Waals surface area (Å²) < 4.78 is 0. The molecule has 0 aliphatic carbocycles. The maximum absolute atomic E-state index is 12.4. The average Bonchev–Trinajstić information content (AvgIpc) is 2.98. The van der Waals surface area contributed by atoms with Crippen molar-refractivity contribution in [3.63, 3.8) is 0 Å². The van der Waals surface area contributed by atoms with E-state index < -0.39 is 0 Å². The van der Waals surface area contributed by atoms with E-state index in [1.807, 2.05) is 61.5 Å². The number of nitrogens with two attached hydrogens (primary N) is 1. The van der Waals surface area contributed by atoms with Crippen LogP contribution < -0.4 is 21.3 Å². The summed E-state index contributed by atoms with van der Waals surface area (Å²) in [4.78, 5) is 17.6. The fourth-order valence-corrected chi connectivity index (χ4v) is 4.40. The van der Waals surface area contributed by atoms with Gasteiger partial charge in [0.2, 0.25) is 0 Å². The number of thioether (sulfide) groups is 1. The summed E-state index contributed by atoms with van der Waals surface area (Å²) in [7, 11) is 3.94. The van der Waals surface area contributed by atoms with Crippen LogP contribution in [0.5, 0.6) is 0 Å². The molecule has 2 aromatic rings. The van der Waals surface area contributed by atoms with Crippen LogP contribution in [-0.4, -0.2) is 43.6 Å². The zero-order valence-electron chi connectivity index (χ0n) is 15.4. The Hall–Kier alpha value is -1.93. The number of nitrogens with one attached hydrogen (secondary N) is 2. The predicted molar refractivity (Wildman–Crippen MR) is 113 cm³/mol. The van der Waals surface area contributed by atoms with Crippen molar-refractivity contribution >= 4 is 40.8 Å². The fourth-order valence-electron chi connectivity index (χ4n) is 2.94. The molecule has 1 aliphatic rings. The number of para-hydroxylation sites is 2. The number of fused-ring (bicyclic) bond motifs is 1. The van der Waals surface area contributed by atoms with E-state index >= 15 is 0 Å². The first-order valence-electron chi connectivity index (χ1n) is 8.72. The molecule has 0 spiro atoms. The third kappa shape index (κ3) is 4.50. The molecule has 0 fully saturated rings. The van der Waals surface area contributed by atoms with Gasteiger partial charge < -0.3 is 26.2 Å². The molecule has 8 heteroatoms. The monoisotopic (exact) mass is 405 g/mol. The van der Waals surface area contributed by atoms with Crippen molar-refractivity contribution in [2.24, 2.45) is 5.73 Å². The zero-order chi connectivity index (χ0) is 19.4. The smallest absolute Gasteiger partial charge is 0.317 e. The minimum absolute atomic E-state index is 0.214. The number of nitrogens with zero attached hydrogens (tertiary/aromatic N) is 2. The van der Waals surface area contributed by atoms with Crippen molar-refractivity contribution in [3.8, 4) is 0 Å². The van der Waals surface area contributed by atoms with Crippen LogP contribution in [-0.2, 0) is 6.54 Å². The number of benzene rings is 2. The van der Waals surface area contributed by atoms with Crippen molar-refractivity contribution in [2.75, 3.05) is 32.1 Å². The summed E-state index contributed by atoms with van der Waals surface area (Å²) in [5.74, 6) is 0. The Morgan fingerprint density at radius 1 is 1.26 bits per heavy atom. The SMILES string of the molecule is CN(C)CCNC(=O)NC1Sc2ccccc2N1c1c(Cl)cccc1CN. The highest BCUT2D eigenvalue weighted by molar-refractivity contribution is 8.00. The molecule has 0 aromatic heterocycles. The molecule has 1 aliphatic heterocycles. The van der Waals surface area contributed by atoms with Crippen molar-refractivity contribution in [3.05, 3.63) is 53.1 Å². The number of rotatable bonds is 6. The third-order valence-electron chi connectivity index (χ3n) is 4.23. The first-order chi connectivity index (χ1) is 13.0. The molecule has 2 amide bonds. The molecule has 3 rings (SSSR count). The molecule has 4 N–H and O–H groups in total. The van der Waals surface area contributed by atoms with Crippen molar-refractivity contribution in [1.29, 1.82) is 0 Å². The van der Waals surface area contributed by atoms with Crippen LogP contribution in [0.4, 0.5) is 16.2 Å². The minimum Gasteiger partial charge on any atom is -0.337 e. The van der Waals surface area contributed by atoms with E-state index in [0.29, 0.717) is 18.1 Å². The second kappa shape index (κ2) is 8.84. The molecule has 1 atom stereocenters. The van der Waals surface area contributed by atoms with E-state index in [1.165, 1.54) is 0 Å². The number of anilines is 2. The highest BCUT2D eigenvalue weighted by atomic mass is 35.5. The quantitative estimate of drug-likeness (QED) is 0.688. The molecular formula is C19H24ClN5OS. The molecule has 1 heterocycles. The summed E-state index contributed by atoms with van der Waals surface area (Å²) in [5.41, 5.74) is 8.40. The van der Waals surface area contributed by atoms with Gasteiger partial charge in [0.15, 0.2) is 5.50 Å². The first-order valence-corrected chi connectivity index (χ1v) is 9.98. The molecule has 0 radical (unpaired) electrons. The summed E-state index contributed by atoms with van der Waals surface area (Å²) in [6.45, 7) is 1.71. The molecule has 27 heavy (non-hydrogen) atoms. The molecule has 0 saturated heterocycles. The van der Waals surface area contributed by atoms with Crippen LogP contribution >= 0.6 is 23.4 Å². The maximum Gasteiger partial charge on any atom is 0.317 e. The summed E-state index contributed by atoms with van der Waals surface area (Å²) in [5, 5.41) is 6.55. The number of urea groups is 1. The first kappa shape index (κ1) is 19.8. The highest BCUT2D eigenvalue weighted by Crippen LogP contribution is 2.49. The summed E-state index contributed by atoms with van der Waals surface area (Å²) in [6.07, 6.45) is 0. The van der Waals surface area contributed by atoms with Gasteiger partial charge in [0.05, 0.1) is 16.4 Å². The normalized spacial score (nSPS) is 15.7. The van der Waals surface area contributed by atoms with Crippen LogP contribution in [0.25, 0.3) is 0 Å². The Kier molecular flexibility index (Phi) is 6.49. The second-order valence-corrected chi connectivity index (χ2v) is 7.99. The van der Waals surface area contributed by atoms with Crippen LogP contribution in [0.3, 0.4) is 0 Å². The van der Waals surface area contributed by atoms with Gasteiger partial charge in [-0.1, -0.05) is 47.6 Å². The van der Waals surface area contributed by atoms with Gasteiger partial charge in [-0.25, -0.2) is 4.79 Å². The van der Waals surface area contributed by atoms with Gasteiger partial charge in [0.25, 0.3) is 0 Å². The largest absolute Gasteiger partial charge is 0.337 e. The predicted octanol–water partition coefficient (Wildman–Crippen LogP) is 3.19. The summed E-state index contributed by atoms with van der Waals surface area (Å²) >= 11 is 8.11. The van der Waals surface area contributed by atoms with Crippen LogP contribution in [0.1, 0.15) is 5.56 Å². The number of hydrogen-bond donors (Lipinski definition) is 3. The molecule has 2 aromatic carbocycles. The number of carbonyl (C=O) groups is 1. The number of likely N-dealkylation sites (N-methyl/N-ethyl adjacent to an activating group) is 1. The fraction of sp³-hybridized carbons (Fsp3) is 0.316. The lowest BCUT2D eigenvalue weighted by atomic mass is 10.1. The average molecular weight is 406 g/mol. The molecule has 0 saturated carbocycles. The van der Waals surface area contributed by atoms with Gasteiger partial charge >= 0.3 is 6.03 Å². The van der Waals surface area contributed by atoms with Crippen LogP contribution in [0.2, 0.25) is 5.02 Å². The Bertz CT molecular complexity index is 816. The second-order valence-electron chi connectivity index (χ2n) is 6.46. The Labute approximate surface area is 169 Å². The van der Waals surface area contributed by atoms with Crippen LogP contribution in [0.15, 0.2) is 47.4 Å². The Morgan fingerprint density at radius 3 is 2.78 bits per heavy atom. The van der Waals surface area contributed by atoms with Gasteiger partial charge in [-0.2, -0.15) is 0 Å². The molecule has 0 bridgehead atoms. The van der Waals surface area contributed by atoms with Gasteiger partial charge in [-0.3, -0.25) is 0 Å². The zero-order valence-corrected chi connectivity index (χ0v) is 17.0. The number of halogens is 1. The van der Waals surface area contributed by atoms with E-state index in [-0.39, 0.29) is 11.5 Å². The number of carbonyl (C=O) groups excluding carboxylic acids is 1. The van der Waals surface area contributed by atoms with E-state index in [2.05, 4.69) is 15.5 Å². The van der Waals surface area contributed by atoms with E-state index in [9.17, 15) is 4.79 Å². The van der Waals surface area contributed by atoms with Gasteiger partial charge in [0.1, 0.15) is 0 Å². The topological polar surface area (TPSA) is 73.6 Å². The lowest BCUT2D eigenvalue weighted by Crippen LogP contribution is -2.47. The lowest BCUT2D eigenvalue weighted by molar-refractivity contribution is 0.239. The Balaban J connectivity index is 1.87. The van der Waals surface area contributed by atoms with Crippen molar-refractivity contribution < 1.29 is 4.79 Å². The summed E-state index contributed by atoms with van der Waals surface area (Å²) in [6, 6.07) is 13.5. The molecular weight excluding hydrogens is 382 g/mol. The molecule has 6 nitrogen and oxygen atoms in total. The molecule has 1 unspecified atom stereocenters. The van der Waals surface area contributed by atoms with Crippen molar-refractivity contribution in [2.45, 2.75) is 16.9 Å². The van der Waals surface area contributed by atoms with E-state index in [1.54, 1.807) is 11.8 Å². The van der Waals surface area contributed by atoms with Crippen molar-refractivity contribution in [1.82, 2.24) is 15.5 Å². The lowest BCUT2D eigenvalue weighted by Gasteiger charge is -2.30. The molecule has 144 valence electrons. The van der Waals surface area contributed by atoms with E-state index in [4.69, 9.17) is 17.3 Å². The highest BCUT2D eigenvalue weighted by Gasteiger charge is 2.34. The van der Waals surface area contributed by atoms with Gasteiger partial charge in [-0.05, 0) is 37.9 Å².